The Kier molecular flexibility index (Phi) is 4.83. The molecule has 0 saturated heterocycles. The molecule has 0 aliphatic rings. The second-order valence-electron chi connectivity index (χ2n) is 4.31. The number of aliphatic hydroxyl groups is 1. The molecule has 0 bridgehead atoms. The normalized spacial score (nSPS) is 11.7. The van der Waals surface area contributed by atoms with Crippen molar-refractivity contribution in [1.82, 2.24) is 19.9 Å². The quantitative estimate of drug-likeness (QED) is 0.664. The van der Waals surface area contributed by atoms with E-state index in [9.17, 15) is 8.42 Å². The van der Waals surface area contributed by atoms with Gasteiger partial charge >= 0.3 is 0 Å². The van der Waals surface area contributed by atoms with E-state index in [0.717, 1.165) is 0 Å². The summed E-state index contributed by atoms with van der Waals surface area (Å²) >= 11 is 0. The summed E-state index contributed by atoms with van der Waals surface area (Å²) in [7, 11) is -3.41. The van der Waals surface area contributed by atoms with Gasteiger partial charge in [-0.1, -0.05) is 24.3 Å². The lowest BCUT2D eigenvalue weighted by Crippen LogP contribution is -2.27. The van der Waals surface area contributed by atoms with Gasteiger partial charge in [0, 0.05) is 13.0 Å². The molecule has 0 amide bonds. The van der Waals surface area contributed by atoms with Crippen molar-refractivity contribution in [2.75, 3.05) is 6.54 Å². The maximum atomic E-state index is 11.9. The highest BCUT2D eigenvalue weighted by Gasteiger charge is 2.11. The van der Waals surface area contributed by atoms with Gasteiger partial charge in [-0.25, -0.2) is 18.1 Å². The number of benzene rings is 1. The minimum Gasteiger partial charge on any atom is -0.392 e. The molecule has 0 fully saturated rings. The van der Waals surface area contributed by atoms with Crippen LogP contribution in [0.2, 0.25) is 0 Å². The minimum absolute atomic E-state index is 0.104. The molecule has 0 saturated carbocycles. The van der Waals surface area contributed by atoms with Crippen LogP contribution >= 0.6 is 0 Å². The highest BCUT2D eigenvalue weighted by Crippen LogP contribution is 2.08. The molecule has 1 aromatic carbocycles. The van der Waals surface area contributed by atoms with Gasteiger partial charge in [0.1, 0.15) is 12.2 Å². The Bertz CT molecular complexity index is 640. The van der Waals surface area contributed by atoms with E-state index in [-0.39, 0.29) is 18.9 Å². The van der Waals surface area contributed by atoms with Gasteiger partial charge in [-0.2, -0.15) is 5.10 Å². The van der Waals surface area contributed by atoms with Crippen molar-refractivity contribution in [3.05, 3.63) is 47.5 Å². The smallest absolute Gasteiger partial charge is 0.215 e. The van der Waals surface area contributed by atoms with Gasteiger partial charge in [0.05, 0.1) is 12.4 Å². The predicted molar refractivity (Wildman–Crippen MR) is 73.1 cm³/mol. The van der Waals surface area contributed by atoms with E-state index in [1.807, 2.05) is 0 Å². The van der Waals surface area contributed by atoms with Crippen LogP contribution in [0.1, 0.15) is 17.0 Å². The molecule has 3 N–H and O–H groups in total. The molecule has 0 spiro atoms. The SMILES string of the molecule is O=S(=O)(Cc1cccc(CO)c1)NCCc1ncn[nH]1. The van der Waals surface area contributed by atoms with Gasteiger partial charge < -0.3 is 5.11 Å². The standard InChI is InChI=1S/C12H16N4O3S/c17-7-10-2-1-3-11(6-10)8-20(18,19)15-5-4-12-13-9-14-16-12/h1-3,6,9,15,17H,4-5,7-8H2,(H,13,14,16). The number of rotatable bonds is 7. The first-order chi connectivity index (χ1) is 9.59. The third kappa shape index (κ3) is 4.41. The Balaban J connectivity index is 1.89. The number of aromatic amines is 1. The first kappa shape index (κ1) is 14.6. The van der Waals surface area contributed by atoms with E-state index in [2.05, 4.69) is 19.9 Å². The van der Waals surface area contributed by atoms with Crippen LogP contribution in [-0.4, -0.2) is 35.3 Å². The van der Waals surface area contributed by atoms with E-state index >= 15 is 0 Å². The van der Waals surface area contributed by atoms with Crippen LogP contribution in [0.5, 0.6) is 0 Å². The molecule has 2 rings (SSSR count). The molecule has 2 aromatic rings. The van der Waals surface area contributed by atoms with E-state index in [1.165, 1.54) is 6.33 Å². The fourth-order valence-electron chi connectivity index (χ4n) is 1.76. The molecule has 1 aromatic heterocycles. The average Bonchev–Trinajstić information content (AvgIpc) is 2.91. The van der Waals surface area contributed by atoms with Crippen molar-refractivity contribution in [3.8, 4) is 0 Å². The van der Waals surface area contributed by atoms with E-state index in [1.54, 1.807) is 24.3 Å². The predicted octanol–water partition coefficient (Wildman–Crippen LogP) is -0.0409. The maximum absolute atomic E-state index is 11.9. The van der Waals surface area contributed by atoms with E-state index in [0.29, 0.717) is 23.4 Å². The van der Waals surface area contributed by atoms with Crippen LogP contribution < -0.4 is 4.72 Å². The molecule has 0 aliphatic carbocycles. The fraction of sp³-hybridized carbons (Fsp3) is 0.333. The Morgan fingerprint density at radius 3 is 2.80 bits per heavy atom. The van der Waals surface area contributed by atoms with E-state index in [4.69, 9.17) is 5.11 Å². The van der Waals surface area contributed by atoms with Crippen LogP contribution in [0.4, 0.5) is 0 Å². The zero-order valence-electron chi connectivity index (χ0n) is 10.8. The molecule has 8 heteroatoms. The third-order valence-corrected chi connectivity index (χ3v) is 4.04. The molecule has 108 valence electrons. The molecule has 7 nitrogen and oxygen atoms in total. The lowest BCUT2D eigenvalue weighted by Gasteiger charge is -2.07. The molecule has 0 atom stereocenters. The number of nitrogens with one attached hydrogen (secondary N) is 2. The van der Waals surface area contributed by atoms with Gasteiger partial charge in [0.25, 0.3) is 0 Å². The number of aromatic nitrogens is 3. The zero-order valence-corrected chi connectivity index (χ0v) is 11.6. The third-order valence-electron chi connectivity index (χ3n) is 2.68. The zero-order chi connectivity index (χ0) is 14.4. The monoisotopic (exact) mass is 296 g/mol. The second-order valence-corrected chi connectivity index (χ2v) is 6.12. The van der Waals surface area contributed by atoms with Gasteiger partial charge in [-0.05, 0) is 11.1 Å². The fourth-order valence-corrected chi connectivity index (χ4v) is 2.90. The maximum Gasteiger partial charge on any atom is 0.215 e. The number of hydrogen-bond donors (Lipinski definition) is 3. The van der Waals surface area contributed by atoms with Crippen LogP contribution in [0.3, 0.4) is 0 Å². The Morgan fingerprint density at radius 2 is 2.10 bits per heavy atom. The molecular weight excluding hydrogens is 280 g/mol. The lowest BCUT2D eigenvalue weighted by atomic mass is 10.1. The number of hydrogen-bond acceptors (Lipinski definition) is 5. The molecule has 0 aliphatic heterocycles. The summed E-state index contributed by atoms with van der Waals surface area (Å²) in [6.07, 6.45) is 1.83. The number of aliphatic hydroxyl groups excluding tert-OH is 1. The summed E-state index contributed by atoms with van der Waals surface area (Å²) in [4.78, 5) is 3.91. The highest BCUT2D eigenvalue weighted by atomic mass is 32.2. The summed E-state index contributed by atoms with van der Waals surface area (Å²) in [6.45, 7) is 0.157. The first-order valence-electron chi connectivity index (χ1n) is 6.09. The summed E-state index contributed by atoms with van der Waals surface area (Å²) < 4.78 is 26.3. The van der Waals surface area contributed by atoms with E-state index < -0.39 is 10.0 Å². The number of nitrogens with zero attached hydrogens (tertiary/aromatic N) is 2. The van der Waals surface area contributed by atoms with Crippen LogP contribution in [0.15, 0.2) is 30.6 Å². The van der Waals surface area contributed by atoms with Crippen LogP contribution in [0.25, 0.3) is 0 Å². The topological polar surface area (TPSA) is 108 Å². The van der Waals surface area contributed by atoms with Crippen molar-refractivity contribution >= 4 is 10.0 Å². The Morgan fingerprint density at radius 1 is 1.30 bits per heavy atom. The highest BCUT2D eigenvalue weighted by molar-refractivity contribution is 7.88. The molecule has 0 unspecified atom stereocenters. The second kappa shape index (κ2) is 6.60. The van der Waals surface area contributed by atoms with Crippen molar-refractivity contribution in [2.45, 2.75) is 18.8 Å². The molecular formula is C12H16N4O3S. The van der Waals surface area contributed by atoms with Gasteiger partial charge in [-0.15, -0.1) is 0 Å². The van der Waals surface area contributed by atoms with Crippen LogP contribution in [-0.2, 0) is 28.8 Å². The van der Waals surface area contributed by atoms with Gasteiger partial charge in [0.2, 0.25) is 10.0 Å². The molecule has 1 heterocycles. The summed E-state index contributed by atoms with van der Waals surface area (Å²) in [5.41, 5.74) is 1.34. The largest absolute Gasteiger partial charge is 0.392 e. The van der Waals surface area contributed by atoms with Crippen molar-refractivity contribution < 1.29 is 13.5 Å². The minimum atomic E-state index is -3.41. The summed E-state index contributed by atoms with van der Waals surface area (Å²) in [6, 6.07) is 6.86. The van der Waals surface area contributed by atoms with Crippen molar-refractivity contribution in [2.24, 2.45) is 0 Å². The van der Waals surface area contributed by atoms with Gasteiger partial charge in [0.15, 0.2) is 0 Å². The van der Waals surface area contributed by atoms with Crippen molar-refractivity contribution in [1.29, 1.82) is 0 Å². The average molecular weight is 296 g/mol. The van der Waals surface area contributed by atoms with Crippen LogP contribution in [0, 0.1) is 0 Å². The number of sulfonamides is 1. The summed E-state index contributed by atoms with van der Waals surface area (Å²) in [5.74, 6) is 0.520. The Hall–Kier alpha value is -1.77. The lowest BCUT2D eigenvalue weighted by molar-refractivity contribution is 0.282. The Labute approximate surface area is 117 Å². The van der Waals surface area contributed by atoms with Crippen molar-refractivity contribution in [3.63, 3.8) is 0 Å². The molecule has 0 radical (unpaired) electrons. The van der Waals surface area contributed by atoms with Gasteiger partial charge in [-0.3, -0.25) is 5.10 Å². The molecule has 20 heavy (non-hydrogen) atoms. The number of H-pyrrole nitrogens is 1. The summed E-state index contributed by atoms with van der Waals surface area (Å²) in [5, 5.41) is 15.4. The first-order valence-corrected chi connectivity index (χ1v) is 7.74.